The molecular formula is C57H37NO. The van der Waals surface area contributed by atoms with E-state index >= 15 is 0 Å². The quantitative estimate of drug-likeness (QED) is 0.174. The topological polar surface area (TPSA) is 12.5 Å². The van der Waals surface area contributed by atoms with Crippen molar-refractivity contribution in [3.8, 4) is 44.9 Å². The van der Waals surface area contributed by atoms with Crippen molar-refractivity contribution in [3.05, 3.63) is 247 Å². The number of ether oxygens (including phenoxy) is 1. The molecule has 2 heteroatoms. The number of benzene rings is 10. The average molecular weight is 752 g/mol. The summed E-state index contributed by atoms with van der Waals surface area (Å²) >= 11 is 0. The summed E-state index contributed by atoms with van der Waals surface area (Å²) in [6, 6.07) is 81.5. The Morgan fingerprint density at radius 3 is 1.42 bits per heavy atom. The number of hydrogen-bond acceptors (Lipinski definition) is 2. The summed E-state index contributed by atoms with van der Waals surface area (Å²) < 4.78 is 7.14. The van der Waals surface area contributed by atoms with E-state index in [9.17, 15) is 0 Å². The van der Waals surface area contributed by atoms with E-state index in [0.29, 0.717) is 0 Å². The Morgan fingerprint density at radius 2 is 0.780 bits per heavy atom. The monoisotopic (exact) mass is 751 g/mol. The normalized spacial score (nSPS) is 13.0. The SMILES string of the molecule is c1ccc(N(c2ccccc2)c2cccc(-c3cccc(-c4ccc5c(c4)-c4ccccc4C54c5ccc6ccccc6c5Oc5c4ccc4ccccc54)c3)c2)cc1. The molecule has 1 heterocycles. The lowest BCUT2D eigenvalue weighted by atomic mass is 9.65. The van der Waals surface area contributed by atoms with Crippen LogP contribution in [-0.4, -0.2) is 0 Å². The van der Waals surface area contributed by atoms with Crippen LogP contribution in [0.25, 0.3) is 54.9 Å². The molecule has 2 aliphatic rings. The van der Waals surface area contributed by atoms with Gasteiger partial charge in [0.2, 0.25) is 0 Å². The Kier molecular flexibility index (Phi) is 7.48. The molecule has 0 aromatic heterocycles. The van der Waals surface area contributed by atoms with E-state index in [4.69, 9.17) is 4.74 Å². The van der Waals surface area contributed by atoms with Crippen LogP contribution in [0.15, 0.2) is 224 Å². The van der Waals surface area contributed by atoms with Gasteiger partial charge in [-0.15, -0.1) is 0 Å². The van der Waals surface area contributed by atoms with E-state index in [0.717, 1.165) is 39.3 Å². The first kappa shape index (κ1) is 33.5. The Balaban J connectivity index is 1.02. The average Bonchev–Trinajstić information content (AvgIpc) is 3.59. The number of para-hydroxylation sites is 2. The standard InChI is InChI=1S/C57H37NO/c1-3-20-44(21-4-1)58(45-22-5-2-6-23-45)46-24-14-19-42(36-46)40-17-13-18-41(35-40)43-31-32-52-50(37-43)49-27-11-12-28-51(49)57(52)53-33-29-38-15-7-9-25-47(38)55(53)59-56-48-26-10-8-16-39(48)30-34-54(56)57/h1-37H. The van der Waals surface area contributed by atoms with Gasteiger partial charge in [0.1, 0.15) is 11.5 Å². The third-order valence-electron chi connectivity index (χ3n) is 12.5. The minimum Gasteiger partial charge on any atom is -0.455 e. The molecule has 0 N–H and O–H groups in total. The first-order chi connectivity index (χ1) is 29.3. The van der Waals surface area contributed by atoms with E-state index in [1.165, 1.54) is 66.4 Å². The number of nitrogens with zero attached hydrogens (tertiary/aromatic N) is 1. The van der Waals surface area contributed by atoms with Gasteiger partial charge in [-0.2, -0.15) is 0 Å². The molecule has 59 heavy (non-hydrogen) atoms. The summed E-state index contributed by atoms with van der Waals surface area (Å²) in [6.45, 7) is 0. The van der Waals surface area contributed by atoms with Gasteiger partial charge in [-0.05, 0) is 104 Å². The lowest BCUT2D eigenvalue weighted by Gasteiger charge is -2.40. The van der Waals surface area contributed by atoms with Gasteiger partial charge in [0.25, 0.3) is 0 Å². The predicted molar refractivity (Wildman–Crippen MR) is 244 cm³/mol. The van der Waals surface area contributed by atoms with Gasteiger partial charge >= 0.3 is 0 Å². The summed E-state index contributed by atoms with van der Waals surface area (Å²) in [5, 5.41) is 4.60. The second-order valence-electron chi connectivity index (χ2n) is 15.6. The smallest absolute Gasteiger partial charge is 0.140 e. The van der Waals surface area contributed by atoms with E-state index < -0.39 is 5.41 Å². The molecule has 0 radical (unpaired) electrons. The molecule has 2 nitrogen and oxygen atoms in total. The summed E-state index contributed by atoms with van der Waals surface area (Å²) in [5.74, 6) is 1.87. The van der Waals surface area contributed by atoms with Crippen LogP contribution >= 0.6 is 0 Å². The van der Waals surface area contributed by atoms with Crippen LogP contribution in [0.4, 0.5) is 17.1 Å². The minimum absolute atomic E-state index is 0.562. The molecule has 1 spiro atoms. The second-order valence-corrected chi connectivity index (χ2v) is 15.6. The molecule has 10 aromatic carbocycles. The van der Waals surface area contributed by atoms with Gasteiger partial charge in [0, 0.05) is 39.0 Å². The number of anilines is 3. The van der Waals surface area contributed by atoms with Crippen LogP contribution in [0, 0.1) is 0 Å². The van der Waals surface area contributed by atoms with Crippen LogP contribution in [0.2, 0.25) is 0 Å². The van der Waals surface area contributed by atoms with Crippen LogP contribution in [0.1, 0.15) is 22.3 Å². The first-order valence-electron chi connectivity index (χ1n) is 20.3. The summed E-state index contributed by atoms with van der Waals surface area (Å²) in [4.78, 5) is 2.32. The van der Waals surface area contributed by atoms with Crippen molar-refractivity contribution in [2.45, 2.75) is 5.41 Å². The Labute approximate surface area is 343 Å². The van der Waals surface area contributed by atoms with Crippen LogP contribution in [-0.2, 0) is 5.41 Å². The molecule has 1 aliphatic heterocycles. The highest BCUT2D eigenvalue weighted by Gasteiger charge is 2.51. The largest absolute Gasteiger partial charge is 0.455 e. The molecular weight excluding hydrogens is 715 g/mol. The van der Waals surface area contributed by atoms with Crippen LogP contribution in [0.3, 0.4) is 0 Å². The summed E-state index contributed by atoms with van der Waals surface area (Å²) in [6.07, 6.45) is 0. The van der Waals surface area contributed by atoms with Crippen molar-refractivity contribution in [2.24, 2.45) is 0 Å². The maximum absolute atomic E-state index is 7.14. The van der Waals surface area contributed by atoms with Gasteiger partial charge in [0.15, 0.2) is 0 Å². The van der Waals surface area contributed by atoms with E-state index in [-0.39, 0.29) is 0 Å². The molecule has 0 unspecified atom stereocenters. The Morgan fingerprint density at radius 1 is 0.305 bits per heavy atom. The minimum atomic E-state index is -0.562. The maximum Gasteiger partial charge on any atom is 0.140 e. The lowest BCUT2D eigenvalue weighted by Crippen LogP contribution is -2.32. The highest BCUT2D eigenvalue weighted by molar-refractivity contribution is 6.00. The fourth-order valence-corrected chi connectivity index (χ4v) is 9.89. The molecule has 10 aromatic rings. The van der Waals surface area contributed by atoms with Crippen molar-refractivity contribution >= 4 is 38.6 Å². The van der Waals surface area contributed by atoms with Gasteiger partial charge in [-0.1, -0.05) is 176 Å². The van der Waals surface area contributed by atoms with Crippen molar-refractivity contribution in [3.63, 3.8) is 0 Å². The second kappa shape index (κ2) is 13.2. The van der Waals surface area contributed by atoms with Gasteiger partial charge in [-0.25, -0.2) is 0 Å². The molecule has 0 fully saturated rings. The van der Waals surface area contributed by atoms with E-state index in [1.54, 1.807) is 0 Å². The number of fused-ring (bicyclic) bond motifs is 13. The number of hydrogen-bond donors (Lipinski definition) is 0. The number of rotatable bonds is 5. The van der Waals surface area contributed by atoms with Crippen molar-refractivity contribution < 1.29 is 4.74 Å². The van der Waals surface area contributed by atoms with Gasteiger partial charge in [0.05, 0.1) is 5.41 Å². The lowest BCUT2D eigenvalue weighted by molar-refractivity contribution is 0.447. The fourth-order valence-electron chi connectivity index (χ4n) is 9.89. The molecule has 0 amide bonds. The molecule has 0 saturated heterocycles. The molecule has 0 bridgehead atoms. The zero-order valence-electron chi connectivity index (χ0n) is 32.2. The highest BCUT2D eigenvalue weighted by Crippen LogP contribution is 2.64. The highest BCUT2D eigenvalue weighted by atomic mass is 16.5. The van der Waals surface area contributed by atoms with Gasteiger partial charge in [-0.3, -0.25) is 0 Å². The Hall–Kier alpha value is -7.68. The van der Waals surface area contributed by atoms with Gasteiger partial charge < -0.3 is 9.64 Å². The predicted octanol–water partition coefficient (Wildman–Crippen LogP) is 15.3. The molecule has 276 valence electrons. The molecule has 1 aliphatic carbocycles. The summed E-state index contributed by atoms with van der Waals surface area (Å²) in [7, 11) is 0. The summed E-state index contributed by atoms with van der Waals surface area (Å²) in [5.41, 5.74) is 15.0. The zero-order valence-corrected chi connectivity index (χ0v) is 32.2. The fraction of sp³-hybridized carbons (Fsp3) is 0.0175. The zero-order chi connectivity index (χ0) is 38.9. The van der Waals surface area contributed by atoms with Crippen molar-refractivity contribution in [1.82, 2.24) is 0 Å². The molecule has 0 saturated carbocycles. The third kappa shape index (κ3) is 5.06. The van der Waals surface area contributed by atoms with E-state index in [2.05, 4.69) is 229 Å². The van der Waals surface area contributed by atoms with Crippen LogP contribution in [0.5, 0.6) is 11.5 Å². The van der Waals surface area contributed by atoms with E-state index in [1.807, 2.05) is 0 Å². The molecule has 12 rings (SSSR count). The van der Waals surface area contributed by atoms with Crippen LogP contribution < -0.4 is 9.64 Å². The molecule has 0 atom stereocenters. The van der Waals surface area contributed by atoms with Crippen molar-refractivity contribution in [1.29, 1.82) is 0 Å². The first-order valence-corrected chi connectivity index (χ1v) is 20.3. The maximum atomic E-state index is 7.14. The third-order valence-corrected chi connectivity index (χ3v) is 12.5. The van der Waals surface area contributed by atoms with Crippen molar-refractivity contribution in [2.75, 3.05) is 4.90 Å². The Bertz CT molecular complexity index is 3130.